The van der Waals surface area contributed by atoms with Crippen LogP contribution < -0.4 is 16.4 Å². The summed E-state index contributed by atoms with van der Waals surface area (Å²) in [6, 6.07) is -2.17. The van der Waals surface area contributed by atoms with Gasteiger partial charge >= 0.3 is 12.0 Å². The van der Waals surface area contributed by atoms with Crippen LogP contribution in [0, 0.1) is 6.92 Å². The van der Waals surface area contributed by atoms with E-state index in [0.717, 1.165) is 0 Å². The van der Waals surface area contributed by atoms with Crippen molar-refractivity contribution in [3.05, 3.63) is 11.7 Å². The average molecular weight is 271 g/mol. The number of rotatable bonds is 6. The minimum absolute atomic E-state index is 0.0356. The van der Waals surface area contributed by atoms with Crippen LogP contribution in [0.2, 0.25) is 0 Å². The van der Waals surface area contributed by atoms with Crippen molar-refractivity contribution < 1.29 is 24.0 Å². The number of urea groups is 1. The average Bonchev–Trinajstić information content (AvgIpc) is 2.71. The molecule has 19 heavy (non-hydrogen) atoms. The number of aromatic nitrogens is 2. The minimum atomic E-state index is -1.38. The number of nitrogens with two attached hydrogens (primary N) is 1. The van der Waals surface area contributed by atoms with E-state index in [0.29, 0.717) is 5.89 Å². The van der Waals surface area contributed by atoms with Crippen LogP contribution in [0.25, 0.3) is 0 Å². The summed E-state index contributed by atoms with van der Waals surface area (Å²) in [6.07, 6.45) is -0.496. The molecule has 10 nitrogen and oxygen atoms in total. The van der Waals surface area contributed by atoms with Gasteiger partial charge in [0, 0.05) is 6.92 Å². The fraction of sp³-hybridized carbons (Fsp3) is 0.444. The van der Waals surface area contributed by atoms with Crippen LogP contribution in [0.4, 0.5) is 4.79 Å². The van der Waals surface area contributed by atoms with Crippen molar-refractivity contribution >= 4 is 17.9 Å². The number of hydrogen-bond donors (Lipinski definition) is 4. The molecule has 1 heterocycles. The number of nitrogens with one attached hydrogen (secondary N) is 2. The fourth-order valence-electron chi connectivity index (χ4n) is 1.18. The second-order valence-electron chi connectivity index (χ2n) is 3.62. The molecule has 0 radical (unpaired) electrons. The molecule has 0 unspecified atom stereocenters. The van der Waals surface area contributed by atoms with Gasteiger partial charge in [-0.2, -0.15) is 4.98 Å². The van der Waals surface area contributed by atoms with Crippen LogP contribution in [-0.2, 0) is 16.1 Å². The zero-order valence-electron chi connectivity index (χ0n) is 10.0. The topological polar surface area (TPSA) is 160 Å². The lowest BCUT2D eigenvalue weighted by molar-refractivity contribution is -0.140. The van der Waals surface area contributed by atoms with Gasteiger partial charge in [0.1, 0.15) is 6.04 Å². The first-order valence-electron chi connectivity index (χ1n) is 5.23. The van der Waals surface area contributed by atoms with E-state index in [-0.39, 0.29) is 12.4 Å². The van der Waals surface area contributed by atoms with Crippen molar-refractivity contribution in [3.63, 3.8) is 0 Å². The predicted octanol–water partition coefficient (Wildman–Crippen LogP) is -1.49. The third-order valence-electron chi connectivity index (χ3n) is 1.99. The number of nitrogens with zero attached hydrogens (tertiary/aromatic N) is 2. The minimum Gasteiger partial charge on any atom is -0.480 e. The normalized spacial score (nSPS) is 11.6. The zero-order valence-corrected chi connectivity index (χ0v) is 10.0. The Labute approximate surface area is 107 Å². The third kappa shape index (κ3) is 5.02. The summed E-state index contributed by atoms with van der Waals surface area (Å²) >= 11 is 0. The van der Waals surface area contributed by atoms with Crippen LogP contribution in [0.1, 0.15) is 18.1 Å². The Balaban J connectivity index is 2.44. The number of aryl methyl sites for hydroxylation is 1. The Kier molecular flexibility index (Phi) is 4.80. The van der Waals surface area contributed by atoms with E-state index in [2.05, 4.69) is 25.3 Å². The lowest BCUT2D eigenvalue weighted by Crippen LogP contribution is -2.47. The first kappa shape index (κ1) is 14.4. The smallest absolute Gasteiger partial charge is 0.326 e. The summed E-state index contributed by atoms with van der Waals surface area (Å²) in [5.41, 5.74) is 4.87. The summed E-state index contributed by atoms with van der Waals surface area (Å²) < 4.78 is 4.68. The van der Waals surface area contributed by atoms with E-state index in [4.69, 9.17) is 10.8 Å². The number of carboxylic acids is 1. The van der Waals surface area contributed by atoms with Gasteiger partial charge in [0.15, 0.2) is 5.82 Å². The molecule has 1 rings (SSSR count). The Bertz CT molecular complexity index is 485. The lowest BCUT2D eigenvalue weighted by atomic mass is 10.2. The van der Waals surface area contributed by atoms with E-state index in [1.54, 1.807) is 6.92 Å². The van der Waals surface area contributed by atoms with Crippen molar-refractivity contribution in [2.75, 3.05) is 0 Å². The molecule has 0 aromatic carbocycles. The van der Waals surface area contributed by atoms with Crippen LogP contribution in [0.3, 0.4) is 0 Å². The molecule has 0 aliphatic carbocycles. The van der Waals surface area contributed by atoms with Gasteiger partial charge < -0.3 is 26.0 Å². The number of primary amides is 1. The molecule has 0 aliphatic heterocycles. The first-order chi connectivity index (χ1) is 8.88. The molecule has 0 bridgehead atoms. The van der Waals surface area contributed by atoms with E-state index in [9.17, 15) is 14.4 Å². The number of amides is 3. The van der Waals surface area contributed by atoms with E-state index in [1.807, 2.05) is 0 Å². The predicted molar refractivity (Wildman–Crippen MR) is 59.6 cm³/mol. The Morgan fingerprint density at radius 1 is 1.47 bits per heavy atom. The largest absolute Gasteiger partial charge is 0.480 e. The van der Waals surface area contributed by atoms with Crippen LogP contribution in [-0.4, -0.2) is 39.2 Å². The van der Waals surface area contributed by atoms with Crippen LogP contribution in [0.5, 0.6) is 0 Å². The number of carboxylic acid groups (broad SMARTS) is 1. The summed E-state index contributed by atoms with van der Waals surface area (Å²) in [7, 11) is 0. The van der Waals surface area contributed by atoms with Gasteiger partial charge in [0.05, 0.1) is 13.0 Å². The van der Waals surface area contributed by atoms with E-state index < -0.39 is 30.4 Å². The lowest BCUT2D eigenvalue weighted by Gasteiger charge is -2.12. The van der Waals surface area contributed by atoms with Gasteiger partial charge in [-0.1, -0.05) is 5.16 Å². The van der Waals surface area contributed by atoms with Gasteiger partial charge in [0.25, 0.3) is 0 Å². The van der Waals surface area contributed by atoms with Crippen molar-refractivity contribution in [2.24, 2.45) is 5.73 Å². The van der Waals surface area contributed by atoms with Crippen molar-refractivity contribution in [1.29, 1.82) is 0 Å². The Morgan fingerprint density at radius 3 is 2.63 bits per heavy atom. The van der Waals surface area contributed by atoms with Gasteiger partial charge in [-0.3, -0.25) is 4.79 Å². The van der Waals surface area contributed by atoms with E-state index in [1.165, 1.54) is 0 Å². The van der Waals surface area contributed by atoms with Crippen molar-refractivity contribution in [3.8, 4) is 0 Å². The van der Waals surface area contributed by atoms with Gasteiger partial charge in [-0.25, -0.2) is 9.59 Å². The molecule has 3 amide bonds. The fourth-order valence-corrected chi connectivity index (χ4v) is 1.18. The first-order valence-corrected chi connectivity index (χ1v) is 5.23. The van der Waals surface area contributed by atoms with Crippen molar-refractivity contribution in [2.45, 2.75) is 25.9 Å². The highest BCUT2D eigenvalue weighted by Gasteiger charge is 2.22. The molecule has 10 heteroatoms. The maximum absolute atomic E-state index is 11.4. The molecule has 1 aromatic heterocycles. The van der Waals surface area contributed by atoms with Crippen molar-refractivity contribution in [1.82, 2.24) is 20.8 Å². The molecule has 0 fully saturated rings. The molecule has 104 valence electrons. The van der Waals surface area contributed by atoms with Gasteiger partial charge in [-0.15, -0.1) is 0 Å². The number of aliphatic carboxylic acids is 1. The summed E-state index contributed by atoms with van der Waals surface area (Å²) in [5.74, 6) is -1.60. The van der Waals surface area contributed by atoms with Crippen LogP contribution >= 0.6 is 0 Å². The Morgan fingerprint density at radius 2 is 2.16 bits per heavy atom. The highest BCUT2D eigenvalue weighted by atomic mass is 16.5. The molecular weight excluding hydrogens is 258 g/mol. The maximum atomic E-state index is 11.4. The maximum Gasteiger partial charge on any atom is 0.326 e. The summed E-state index contributed by atoms with van der Waals surface area (Å²) in [6.45, 7) is 1.55. The molecule has 0 spiro atoms. The summed E-state index contributed by atoms with van der Waals surface area (Å²) in [4.78, 5) is 36.6. The Hall–Kier alpha value is -2.65. The standard InChI is InChI=1S/C9H13N5O5/c1-4-12-7(14-19-4)3-11-9(18)13-5(8(16)17)2-6(10)15/h5H,2-3H2,1H3,(H2,10,15)(H,16,17)(H2,11,13,18)/t5-/m0/s1. The second kappa shape index (κ2) is 6.33. The third-order valence-corrected chi connectivity index (χ3v) is 1.99. The SMILES string of the molecule is Cc1nc(CNC(=O)N[C@@H](CC(N)=O)C(=O)O)no1. The molecule has 0 saturated heterocycles. The summed E-state index contributed by atoms with van der Waals surface area (Å²) in [5, 5.41) is 16.7. The van der Waals surface area contributed by atoms with Gasteiger partial charge in [0.2, 0.25) is 11.8 Å². The molecular formula is C9H13N5O5. The second-order valence-corrected chi connectivity index (χ2v) is 3.62. The monoisotopic (exact) mass is 271 g/mol. The molecule has 0 saturated carbocycles. The van der Waals surface area contributed by atoms with E-state index >= 15 is 0 Å². The highest BCUT2D eigenvalue weighted by molar-refractivity contribution is 5.87. The quantitative estimate of drug-likeness (QED) is 0.489. The zero-order chi connectivity index (χ0) is 14.4. The molecule has 5 N–H and O–H groups in total. The number of hydrogen-bond acceptors (Lipinski definition) is 6. The van der Waals surface area contributed by atoms with Crippen LogP contribution in [0.15, 0.2) is 4.52 Å². The molecule has 0 aliphatic rings. The van der Waals surface area contributed by atoms with Gasteiger partial charge in [-0.05, 0) is 0 Å². The highest BCUT2D eigenvalue weighted by Crippen LogP contribution is 1.95. The molecule has 1 aromatic rings. The molecule has 1 atom stereocenters. The number of carbonyl (C=O) groups excluding carboxylic acids is 2. The number of carbonyl (C=O) groups is 3.